The van der Waals surface area contributed by atoms with Gasteiger partial charge in [-0.1, -0.05) is 13.8 Å². The van der Waals surface area contributed by atoms with Crippen LogP contribution >= 0.6 is 12.6 Å². The molecule has 1 amide bonds. The van der Waals surface area contributed by atoms with Gasteiger partial charge in [-0.3, -0.25) is 4.79 Å². The Balaban J connectivity index is 2.64. The van der Waals surface area contributed by atoms with Crippen LogP contribution < -0.4 is 0 Å². The first kappa shape index (κ1) is 14.7. The van der Waals surface area contributed by atoms with Crippen LogP contribution in [-0.2, 0) is 4.79 Å². The first-order valence-corrected chi connectivity index (χ1v) is 6.28. The number of nitrogens with zero attached hydrogens (tertiary/aromatic N) is 1. The SMILES string of the molecule is CC(C)C(S)C(=O)N1CCCC(C(F)(F)F)C1. The van der Waals surface area contributed by atoms with E-state index in [1.54, 1.807) is 0 Å². The molecule has 0 aromatic rings. The average Bonchev–Trinajstić information content (AvgIpc) is 2.26. The Morgan fingerprint density at radius 1 is 1.41 bits per heavy atom. The lowest BCUT2D eigenvalue weighted by atomic mass is 9.96. The van der Waals surface area contributed by atoms with Crippen molar-refractivity contribution in [3.63, 3.8) is 0 Å². The van der Waals surface area contributed by atoms with Gasteiger partial charge in [-0.2, -0.15) is 25.8 Å². The van der Waals surface area contributed by atoms with E-state index in [9.17, 15) is 18.0 Å². The standard InChI is InChI=1S/C11H18F3NOS/c1-7(2)9(17)10(16)15-5-3-4-8(6-15)11(12,13)14/h7-9,17H,3-6H2,1-2H3. The first-order valence-electron chi connectivity index (χ1n) is 5.77. The summed E-state index contributed by atoms with van der Waals surface area (Å²) in [4.78, 5) is 13.2. The van der Waals surface area contributed by atoms with Gasteiger partial charge >= 0.3 is 6.18 Å². The molecule has 2 atom stereocenters. The van der Waals surface area contributed by atoms with E-state index in [1.807, 2.05) is 13.8 Å². The van der Waals surface area contributed by atoms with Gasteiger partial charge in [0.1, 0.15) is 0 Å². The third-order valence-corrected chi connectivity index (χ3v) is 3.90. The maximum absolute atomic E-state index is 12.6. The van der Waals surface area contributed by atoms with E-state index in [0.717, 1.165) is 0 Å². The molecule has 0 aliphatic carbocycles. The normalized spacial score (nSPS) is 23.9. The predicted octanol–water partition coefficient (Wildman–Crippen LogP) is 2.74. The quantitative estimate of drug-likeness (QED) is 0.764. The number of halogens is 3. The number of likely N-dealkylation sites (tertiary alicyclic amines) is 1. The zero-order valence-electron chi connectivity index (χ0n) is 10.00. The molecule has 2 unspecified atom stereocenters. The maximum atomic E-state index is 12.6. The predicted molar refractivity (Wildman–Crippen MR) is 63.0 cm³/mol. The third kappa shape index (κ3) is 3.79. The smallest absolute Gasteiger partial charge is 0.341 e. The van der Waals surface area contributed by atoms with Crippen molar-refractivity contribution in [2.24, 2.45) is 11.8 Å². The summed E-state index contributed by atoms with van der Waals surface area (Å²) in [5.41, 5.74) is 0. The van der Waals surface area contributed by atoms with E-state index in [0.29, 0.717) is 13.0 Å². The molecule has 100 valence electrons. The summed E-state index contributed by atoms with van der Waals surface area (Å²) in [5.74, 6) is -1.64. The van der Waals surface area contributed by atoms with Gasteiger partial charge < -0.3 is 4.90 Å². The molecule has 0 N–H and O–H groups in total. The fourth-order valence-electron chi connectivity index (χ4n) is 1.92. The molecule has 0 spiro atoms. The van der Waals surface area contributed by atoms with Crippen molar-refractivity contribution in [2.45, 2.75) is 38.1 Å². The Kier molecular flexibility index (Phi) is 4.75. The number of carbonyl (C=O) groups is 1. The van der Waals surface area contributed by atoms with Gasteiger partial charge in [0.05, 0.1) is 11.2 Å². The Bertz CT molecular complexity index is 280. The number of rotatable bonds is 2. The van der Waals surface area contributed by atoms with Gasteiger partial charge in [0.2, 0.25) is 5.91 Å². The van der Waals surface area contributed by atoms with Crippen LogP contribution in [0.15, 0.2) is 0 Å². The number of carbonyl (C=O) groups excluding carboxylic acids is 1. The van der Waals surface area contributed by atoms with Crippen LogP contribution in [0.3, 0.4) is 0 Å². The van der Waals surface area contributed by atoms with E-state index in [4.69, 9.17) is 0 Å². The Morgan fingerprint density at radius 2 is 2.00 bits per heavy atom. The van der Waals surface area contributed by atoms with E-state index >= 15 is 0 Å². The van der Waals surface area contributed by atoms with Crippen molar-refractivity contribution in [1.82, 2.24) is 4.90 Å². The molecule has 0 radical (unpaired) electrons. The van der Waals surface area contributed by atoms with E-state index in [2.05, 4.69) is 12.6 Å². The number of hydrogen-bond donors (Lipinski definition) is 1. The highest BCUT2D eigenvalue weighted by molar-refractivity contribution is 7.81. The minimum atomic E-state index is -4.21. The molecular formula is C11H18F3NOS. The minimum absolute atomic E-state index is 0.0251. The molecule has 0 aromatic heterocycles. The van der Waals surface area contributed by atoms with Crippen LogP contribution in [0.4, 0.5) is 13.2 Å². The van der Waals surface area contributed by atoms with E-state index in [1.165, 1.54) is 4.90 Å². The van der Waals surface area contributed by atoms with Gasteiger partial charge in [0, 0.05) is 13.1 Å². The lowest BCUT2D eigenvalue weighted by Crippen LogP contribution is -2.48. The molecule has 0 bridgehead atoms. The monoisotopic (exact) mass is 269 g/mol. The van der Waals surface area contributed by atoms with Gasteiger partial charge in [0.25, 0.3) is 0 Å². The first-order chi connectivity index (χ1) is 7.73. The number of thiol groups is 1. The molecule has 1 heterocycles. The second-order valence-corrected chi connectivity index (χ2v) is 5.41. The van der Waals surface area contributed by atoms with Crippen molar-refractivity contribution in [2.75, 3.05) is 13.1 Å². The molecule has 6 heteroatoms. The summed E-state index contributed by atoms with van der Waals surface area (Å²) >= 11 is 4.16. The second kappa shape index (κ2) is 5.50. The van der Waals surface area contributed by atoms with Crippen molar-refractivity contribution >= 4 is 18.5 Å². The Morgan fingerprint density at radius 3 is 2.47 bits per heavy atom. The molecule has 1 saturated heterocycles. The summed E-state index contributed by atoms with van der Waals surface area (Å²) in [7, 11) is 0. The van der Waals surface area contributed by atoms with Gasteiger partial charge in [-0.15, -0.1) is 0 Å². The fraction of sp³-hybridized carbons (Fsp3) is 0.909. The molecule has 1 aliphatic heterocycles. The van der Waals surface area contributed by atoms with E-state index in [-0.39, 0.29) is 24.8 Å². The van der Waals surface area contributed by atoms with Crippen molar-refractivity contribution in [3.05, 3.63) is 0 Å². The molecule has 2 nitrogen and oxygen atoms in total. The maximum Gasteiger partial charge on any atom is 0.393 e. The Labute approximate surface area is 105 Å². The largest absolute Gasteiger partial charge is 0.393 e. The molecule has 1 fully saturated rings. The summed E-state index contributed by atoms with van der Waals surface area (Å²) in [5, 5.41) is -0.512. The third-order valence-electron chi connectivity index (χ3n) is 3.08. The van der Waals surface area contributed by atoms with Crippen molar-refractivity contribution < 1.29 is 18.0 Å². The minimum Gasteiger partial charge on any atom is -0.341 e. The van der Waals surface area contributed by atoms with Gasteiger partial charge in [0.15, 0.2) is 0 Å². The summed E-state index contributed by atoms with van der Waals surface area (Å²) in [6, 6.07) is 0. The van der Waals surface area contributed by atoms with E-state index < -0.39 is 17.3 Å². The van der Waals surface area contributed by atoms with Crippen LogP contribution in [0.1, 0.15) is 26.7 Å². The highest BCUT2D eigenvalue weighted by Crippen LogP contribution is 2.33. The number of amides is 1. The topological polar surface area (TPSA) is 20.3 Å². The second-order valence-electron chi connectivity index (χ2n) is 4.85. The van der Waals surface area contributed by atoms with Gasteiger partial charge in [-0.25, -0.2) is 0 Å². The molecule has 1 aliphatic rings. The molecule has 17 heavy (non-hydrogen) atoms. The van der Waals surface area contributed by atoms with Crippen LogP contribution in [0.5, 0.6) is 0 Å². The zero-order chi connectivity index (χ0) is 13.2. The summed E-state index contributed by atoms with van der Waals surface area (Å²) in [6.45, 7) is 3.86. The summed E-state index contributed by atoms with van der Waals surface area (Å²) in [6.07, 6.45) is -3.68. The number of alkyl halides is 3. The molecule has 0 saturated carbocycles. The fourth-order valence-corrected chi connectivity index (χ4v) is 2.08. The number of hydrogen-bond acceptors (Lipinski definition) is 2. The van der Waals surface area contributed by atoms with Crippen LogP contribution in [0, 0.1) is 11.8 Å². The van der Waals surface area contributed by atoms with Crippen LogP contribution in [0.25, 0.3) is 0 Å². The highest BCUT2D eigenvalue weighted by atomic mass is 32.1. The lowest BCUT2D eigenvalue weighted by molar-refractivity contribution is -0.188. The molecule has 1 rings (SSSR count). The van der Waals surface area contributed by atoms with Gasteiger partial charge in [-0.05, 0) is 18.8 Å². The van der Waals surface area contributed by atoms with Crippen LogP contribution in [0.2, 0.25) is 0 Å². The van der Waals surface area contributed by atoms with Crippen molar-refractivity contribution in [3.8, 4) is 0 Å². The van der Waals surface area contributed by atoms with Crippen molar-refractivity contribution in [1.29, 1.82) is 0 Å². The zero-order valence-corrected chi connectivity index (χ0v) is 10.9. The summed E-state index contributed by atoms with van der Waals surface area (Å²) < 4.78 is 37.7. The molecular weight excluding hydrogens is 251 g/mol. The number of piperidine rings is 1. The molecule has 0 aromatic carbocycles. The Hall–Kier alpha value is -0.390. The van der Waals surface area contributed by atoms with Crippen LogP contribution in [-0.4, -0.2) is 35.3 Å². The lowest BCUT2D eigenvalue weighted by Gasteiger charge is -2.35. The average molecular weight is 269 g/mol. The highest BCUT2D eigenvalue weighted by Gasteiger charge is 2.43.